The number of nitrogens with zero attached hydrogens (tertiary/aromatic N) is 2. The molecular weight excluding hydrogens is 248 g/mol. The van der Waals surface area contributed by atoms with Gasteiger partial charge in [0, 0.05) is 19.3 Å². The number of carbonyl (C=O) groups is 2. The van der Waals surface area contributed by atoms with Crippen LogP contribution in [0.2, 0.25) is 0 Å². The van der Waals surface area contributed by atoms with Gasteiger partial charge in [0.25, 0.3) is 0 Å². The molecule has 1 fully saturated rings. The monoisotopic (exact) mass is 266 g/mol. The summed E-state index contributed by atoms with van der Waals surface area (Å²) in [6.45, 7) is 2.84. The zero-order chi connectivity index (χ0) is 13.9. The summed E-state index contributed by atoms with van der Waals surface area (Å²) in [6.07, 6.45) is 5.42. The second-order valence-electron chi connectivity index (χ2n) is 4.83. The third-order valence-electron chi connectivity index (χ3n) is 3.57. The second kappa shape index (κ2) is 5.29. The van der Waals surface area contributed by atoms with Crippen LogP contribution >= 0.6 is 0 Å². The lowest BCUT2D eigenvalue weighted by Crippen LogP contribution is -2.48. The fourth-order valence-corrected chi connectivity index (χ4v) is 2.10. The van der Waals surface area contributed by atoms with Crippen LogP contribution in [0.3, 0.4) is 0 Å². The predicted octanol–water partition coefficient (Wildman–Crippen LogP) is 1.28. The Morgan fingerprint density at radius 2 is 2.26 bits per heavy atom. The minimum Gasteiger partial charge on any atom is -0.481 e. The third kappa shape index (κ3) is 2.86. The van der Waals surface area contributed by atoms with Gasteiger partial charge in [-0.25, -0.2) is 4.79 Å². The molecule has 1 saturated carbocycles. The topological polar surface area (TPSA) is 96.2 Å². The van der Waals surface area contributed by atoms with Crippen LogP contribution in [0.15, 0.2) is 12.4 Å². The summed E-state index contributed by atoms with van der Waals surface area (Å²) in [7, 11) is 0. The van der Waals surface area contributed by atoms with Crippen LogP contribution in [-0.2, 0) is 11.3 Å². The minimum absolute atomic E-state index is 0.163. The first-order valence-electron chi connectivity index (χ1n) is 6.36. The molecule has 1 aliphatic carbocycles. The van der Waals surface area contributed by atoms with Crippen molar-refractivity contribution in [1.29, 1.82) is 0 Å². The molecule has 3 N–H and O–H groups in total. The van der Waals surface area contributed by atoms with Crippen LogP contribution in [-0.4, -0.2) is 33.4 Å². The van der Waals surface area contributed by atoms with Crippen LogP contribution in [0.1, 0.15) is 26.2 Å². The number of amides is 2. The molecule has 1 heterocycles. The van der Waals surface area contributed by atoms with Crippen molar-refractivity contribution in [1.82, 2.24) is 15.1 Å². The molecule has 1 aromatic heterocycles. The number of rotatable bonds is 5. The number of carboxylic acid groups (broad SMARTS) is 1. The van der Waals surface area contributed by atoms with Gasteiger partial charge in [-0.3, -0.25) is 9.48 Å². The lowest BCUT2D eigenvalue weighted by atomic mass is 9.69. The summed E-state index contributed by atoms with van der Waals surface area (Å²) in [6, 6.07) is -0.400. The van der Waals surface area contributed by atoms with Crippen molar-refractivity contribution >= 4 is 17.7 Å². The average molecular weight is 266 g/mol. The Kier molecular flexibility index (Phi) is 3.73. The highest BCUT2D eigenvalue weighted by Crippen LogP contribution is 2.40. The van der Waals surface area contributed by atoms with Gasteiger partial charge in [-0.2, -0.15) is 5.10 Å². The largest absolute Gasteiger partial charge is 0.481 e. The molecule has 0 unspecified atom stereocenters. The van der Waals surface area contributed by atoms with Gasteiger partial charge in [0.05, 0.1) is 17.3 Å². The quantitative estimate of drug-likeness (QED) is 0.748. The molecule has 1 aromatic rings. The maximum Gasteiger partial charge on any atom is 0.319 e. The van der Waals surface area contributed by atoms with Gasteiger partial charge in [0.15, 0.2) is 0 Å². The normalized spacial score (nSPS) is 16.5. The first kappa shape index (κ1) is 13.4. The Labute approximate surface area is 111 Å². The SMILES string of the molecule is CCn1cc(NC(=O)NCC2(C(=O)O)CCC2)cn1. The number of aliphatic carboxylic acids is 1. The molecule has 0 aromatic carbocycles. The third-order valence-corrected chi connectivity index (χ3v) is 3.57. The van der Waals surface area contributed by atoms with E-state index in [4.69, 9.17) is 5.11 Å². The molecule has 19 heavy (non-hydrogen) atoms. The molecule has 7 heteroatoms. The van der Waals surface area contributed by atoms with Crippen molar-refractivity contribution in [2.45, 2.75) is 32.7 Å². The van der Waals surface area contributed by atoms with Crippen LogP contribution in [0, 0.1) is 5.41 Å². The number of carboxylic acids is 1. The zero-order valence-electron chi connectivity index (χ0n) is 10.8. The molecule has 2 amide bonds. The number of nitrogens with one attached hydrogen (secondary N) is 2. The summed E-state index contributed by atoms with van der Waals surface area (Å²) >= 11 is 0. The Balaban J connectivity index is 1.83. The van der Waals surface area contributed by atoms with E-state index in [9.17, 15) is 9.59 Å². The van der Waals surface area contributed by atoms with Crippen molar-refractivity contribution < 1.29 is 14.7 Å². The molecule has 0 saturated heterocycles. The molecule has 0 bridgehead atoms. The molecule has 7 nitrogen and oxygen atoms in total. The van der Waals surface area contributed by atoms with Crippen molar-refractivity contribution in [2.24, 2.45) is 5.41 Å². The molecule has 0 aliphatic heterocycles. The van der Waals surface area contributed by atoms with Gasteiger partial charge in [-0.1, -0.05) is 6.42 Å². The van der Waals surface area contributed by atoms with Gasteiger partial charge in [0.2, 0.25) is 0 Å². The molecule has 0 radical (unpaired) electrons. The first-order valence-corrected chi connectivity index (χ1v) is 6.36. The number of aromatic nitrogens is 2. The summed E-state index contributed by atoms with van der Waals surface area (Å²) in [5.74, 6) is -0.835. The van der Waals surface area contributed by atoms with Crippen molar-refractivity contribution in [3.05, 3.63) is 12.4 Å². The summed E-state index contributed by atoms with van der Waals surface area (Å²) < 4.78 is 1.69. The molecule has 2 rings (SSSR count). The van der Waals surface area contributed by atoms with Gasteiger partial charge >= 0.3 is 12.0 Å². The van der Waals surface area contributed by atoms with Gasteiger partial charge in [-0.15, -0.1) is 0 Å². The van der Waals surface area contributed by atoms with Crippen LogP contribution < -0.4 is 10.6 Å². The molecular formula is C12H18N4O3. The number of urea groups is 1. The number of hydrogen-bond donors (Lipinski definition) is 3. The summed E-state index contributed by atoms with van der Waals surface area (Å²) in [5.41, 5.74) is -0.178. The van der Waals surface area contributed by atoms with E-state index in [1.54, 1.807) is 17.1 Å². The van der Waals surface area contributed by atoms with Crippen molar-refractivity contribution in [3.8, 4) is 0 Å². The van der Waals surface area contributed by atoms with Crippen molar-refractivity contribution in [3.63, 3.8) is 0 Å². The second-order valence-corrected chi connectivity index (χ2v) is 4.83. The number of aryl methyl sites for hydroxylation is 1. The van der Waals surface area contributed by atoms with Gasteiger partial charge in [-0.05, 0) is 19.8 Å². The van der Waals surface area contributed by atoms with Crippen LogP contribution in [0.25, 0.3) is 0 Å². The van der Waals surface area contributed by atoms with Crippen LogP contribution in [0.4, 0.5) is 10.5 Å². The molecule has 1 aliphatic rings. The summed E-state index contributed by atoms with van der Waals surface area (Å²) in [5, 5.41) is 18.4. The summed E-state index contributed by atoms with van der Waals surface area (Å²) in [4.78, 5) is 22.8. The maximum absolute atomic E-state index is 11.7. The first-order chi connectivity index (χ1) is 9.05. The van der Waals surface area contributed by atoms with E-state index < -0.39 is 17.4 Å². The van der Waals surface area contributed by atoms with E-state index in [1.807, 2.05) is 6.92 Å². The Morgan fingerprint density at radius 1 is 1.53 bits per heavy atom. The highest BCUT2D eigenvalue weighted by Gasteiger charge is 2.44. The van der Waals surface area contributed by atoms with Gasteiger partial charge < -0.3 is 15.7 Å². The van der Waals surface area contributed by atoms with Crippen LogP contribution in [0.5, 0.6) is 0 Å². The zero-order valence-corrected chi connectivity index (χ0v) is 10.8. The predicted molar refractivity (Wildman–Crippen MR) is 68.8 cm³/mol. The minimum atomic E-state index is -0.835. The highest BCUT2D eigenvalue weighted by molar-refractivity contribution is 5.89. The number of carbonyl (C=O) groups excluding carboxylic acids is 1. The highest BCUT2D eigenvalue weighted by atomic mass is 16.4. The fraction of sp³-hybridized carbons (Fsp3) is 0.583. The standard InChI is InChI=1S/C12H18N4O3/c1-2-16-7-9(6-14-16)15-11(19)13-8-12(10(17)18)4-3-5-12/h6-7H,2-5,8H2,1H3,(H,17,18)(H2,13,15,19). The van der Waals surface area contributed by atoms with E-state index in [1.165, 1.54) is 0 Å². The van der Waals surface area contributed by atoms with Gasteiger partial charge in [0.1, 0.15) is 0 Å². The molecule has 0 spiro atoms. The average Bonchev–Trinajstić information content (AvgIpc) is 2.74. The lowest BCUT2D eigenvalue weighted by molar-refractivity contribution is -0.153. The van der Waals surface area contributed by atoms with E-state index in [2.05, 4.69) is 15.7 Å². The lowest BCUT2D eigenvalue weighted by Gasteiger charge is -2.37. The van der Waals surface area contributed by atoms with Crippen molar-refractivity contribution in [2.75, 3.05) is 11.9 Å². The molecule has 104 valence electrons. The molecule has 0 atom stereocenters. The Hall–Kier alpha value is -2.05. The Morgan fingerprint density at radius 3 is 2.74 bits per heavy atom. The number of hydrogen-bond acceptors (Lipinski definition) is 3. The smallest absolute Gasteiger partial charge is 0.319 e. The fourth-order valence-electron chi connectivity index (χ4n) is 2.10. The van der Waals surface area contributed by atoms with E-state index in [0.29, 0.717) is 18.5 Å². The van der Waals surface area contributed by atoms with E-state index >= 15 is 0 Å². The Bertz CT molecular complexity index is 479. The number of anilines is 1. The van der Waals surface area contributed by atoms with E-state index in [0.717, 1.165) is 13.0 Å². The van der Waals surface area contributed by atoms with E-state index in [-0.39, 0.29) is 6.54 Å². The maximum atomic E-state index is 11.7.